The van der Waals surface area contributed by atoms with Crippen LogP contribution in [0.25, 0.3) is 0 Å². The number of aromatic nitrogens is 4. The van der Waals surface area contributed by atoms with Crippen LogP contribution in [-0.4, -0.2) is 62.7 Å². The van der Waals surface area contributed by atoms with Crippen LogP contribution in [0, 0.1) is 0 Å². The molecular weight excluding hydrogens is 396 g/mol. The average molecular weight is 427 g/mol. The number of aryl methyl sites for hydroxylation is 3. The molecule has 4 heterocycles. The Balaban J connectivity index is 1.18. The molecule has 5 rings (SSSR count). The molecule has 1 aliphatic carbocycles. The molecule has 1 fully saturated rings. The third-order valence-corrected chi connectivity index (χ3v) is 6.61. The second-order valence-electron chi connectivity index (χ2n) is 8.72. The number of piperidine rings is 1. The van der Waals surface area contributed by atoms with Gasteiger partial charge in [0.15, 0.2) is 5.69 Å². The maximum absolute atomic E-state index is 12.6. The molecule has 31 heavy (non-hydrogen) atoms. The van der Waals surface area contributed by atoms with Gasteiger partial charge >= 0.3 is 0 Å². The van der Waals surface area contributed by atoms with Crippen LogP contribution in [0.15, 0.2) is 16.9 Å². The molecule has 0 saturated carbocycles. The zero-order valence-corrected chi connectivity index (χ0v) is 17.9. The van der Waals surface area contributed by atoms with E-state index in [9.17, 15) is 9.59 Å². The third kappa shape index (κ3) is 4.37. The lowest BCUT2D eigenvalue weighted by molar-refractivity contribution is 0.0903. The summed E-state index contributed by atoms with van der Waals surface area (Å²) in [6.07, 6.45) is 7.27. The van der Waals surface area contributed by atoms with E-state index in [0.29, 0.717) is 31.3 Å². The van der Waals surface area contributed by atoms with E-state index in [1.54, 1.807) is 21.5 Å². The fourth-order valence-electron chi connectivity index (χ4n) is 4.89. The molecule has 0 radical (unpaired) electrons. The number of rotatable bonds is 6. The van der Waals surface area contributed by atoms with Gasteiger partial charge in [-0.2, -0.15) is 10.2 Å². The zero-order chi connectivity index (χ0) is 21.2. The largest absolute Gasteiger partial charge is 0.478 e. The topological polar surface area (TPSA) is 94.3 Å². The molecule has 9 heteroatoms. The number of likely N-dealkylation sites (tertiary alicyclic amines) is 1. The van der Waals surface area contributed by atoms with E-state index >= 15 is 0 Å². The van der Waals surface area contributed by atoms with Crippen LogP contribution in [0.1, 0.15) is 53.8 Å². The summed E-state index contributed by atoms with van der Waals surface area (Å²) in [4.78, 5) is 27.4. The Kier molecular flexibility index (Phi) is 5.76. The Bertz CT molecular complexity index is 990. The highest BCUT2D eigenvalue weighted by Gasteiger charge is 2.25. The number of carbonyl (C=O) groups is 1. The number of nitrogens with one attached hydrogen (secondary N) is 1. The monoisotopic (exact) mass is 426 g/mol. The lowest BCUT2D eigenvalue weighted by atomic mass is 10.0. The first-order chi connectivity index (χ1) is 15.2. The molecule has 2 aliphatic heterocycles. The van der Waals surface area contributed by atoms with Crippen molar-refractivity contribution in [1.29, 1.82) is 0 Å². The van der Waals surface area contributed by atoms with Gasteiger partial charge in [0.2, 0.25) is 5.88 Å². The lowest BCUT2D eigenvalue weighted by Crippen LogP contribution is -2.48. The Morgan fingerprint density at radius 1 is 1.10 bits per heavy atom. The molecular formula is C22H30N6O3. The normalized spacial score (nSPS) is 20.7. The summed E-state index contributed by atoms with van der Waals surface area (Å²) in [5, 5.41) is 12.0. The second kappa shape index (κ2) is 8.82. The van der Waals surface area contributed by atoms with E-state index < -0.39 is 0 Å². The molecule has 0 aromatic carbocycles. The minimum atomic E-state index is -0.160. The summed E-state index contributed by atoms with van der Waals surface area (Å²) in [6.45, 7) is 4.36. The van der Waals surface area contributed by atoms with Crippen LogP contribution in [0.2, 0.25) is 0 Å². The standard InChI is InChI=1S/C22H30N6O3/c29-20-13-16-5-3-7-18(16)24-27(20)11-10-26-8-2-1-6-17(26)15-23-22(30)19-14-21-28(25-19)9-4-12-31-21/h13-14,17H,1-12,15H2,(H,23,30). The van der Waals surface area contributed by atoms with Gasteiger partial charge in [0.05, 0.1) is 18.8 Å². The molecule has 1 unspecified atom stereocenters. The van der Waals surface area contributed by atoms with E-state index in [1.165, 1.54) is 0 Å². The number of hydrogen-bond donors (Lipinski definition) is 1. The van der Waals surface area contributed by atoms with Gasteiger partial charge in [-0.15, -0.1) is 0 Å². The SMILES string of the molecule is O=C(NCC1CCCCN1CCn1nc2c(cc1=O)CCC2)c1cc2n(n1)CCCO2. The molecule has 1 amide bonds. The fraction of sp³-hybridized carbons (Fsp3) is 0.636. The van der Waals surface area contributed by atoms with Crippen molar-refractivity contribution in [3.8, 4) is 5.88 Å². The Labute approximate surface area is 181 Å². The first-order valence-corrected chi connectivity index (χ1v) is 11.5. The van der Waals surface area contributed by atoms with Gasteiger partial charge in [0, 0.05) is 44.2 Å². The van der Waals surface area contributed by atoms with Crippen molar-refractivity contribution in [3.05, 3.63) is 39.4 Å². The first kappa shape index (κ1) is 20.2. The summed E-state index contributed by atoms with van der Waals surface area (Å²) in [7, 11) is 0. The van der Waals surface area contributed by atoms with Gasteiger partial charge in [-0.3, -0.25) is 14.5 Å². The second-order valence-corrected chi connectivity index (χ2v) is 8.72. The molecule has 1 N–H and O–H groups in total. The van der Waals surface area contributed by atoms with Gasteiger partial charge in [0.25, 0.3) is 11.5 Å². The fourth-order valence-corrected chi connectivity index (χ4v) is 4.89. The minimum Gasteiger partial charge on any atom is -0.478 e. The van der Waals surface area contributed by atoms with Gasteiger partial charge in [0.1, 0.15) is 0 Å². The molecule has 166 valence electrons. The Morgan fingerprint density at radius 3 is 2.94 bits per heavy atom. The smallest absolute Gasteiger partial charge is 0.271 e. The number of nitrogens with zero attached hydrogens (tertiary/aromatic N) is 5. The van der Waals surface area contributed by atoms with E-state index in [-0.39, 0.29) is 17.5 Å². The van der Waals surface area contributed by atoms with Crippen molar-refractivity contribution >= 4 is 5.91 Å². The van der Waals surface area contributed by atoms with Crippen LogP contribution in [0.5, 0.6) is 5.88 Å². The molecule has 1 atom stereocenters. The number of ether oxygens (including phenoxy) is 1. The molecule has 9 nitrogen and oxygen atoms in total. The van der Waals surface area contributed by atoms with Gasteiger partial charge in [-0.1, -0.05) is 6.42 Å². The number of fused-ring (bicyclic) bond motifs is 2. The van der Waals surface area contributed by atoms with Crippen molar-refractivity contribution in [2.75, 3.05) is 26.2 Å². The summed E-state index contributed by atoms with van der Waals surface area (Å²) >= 11 is 0. The van der Waals surface area contributed by atoms with Crippen molar-refractivity contribution in [2.45, 2.75) is 64.1 Å². The molecule has 3 aliphatic rings. The average Bonchev–Trinajstić information content (AvgIpc) is 3.42. The highest BCUT2D eigenvalue weighted by molar-refractivity contribution is 5.92. The van der Waals surface area contributed by atoms with Crippen LogP contribution in [0.3, 0.4) is 0 Å². The van der Waals surface area contributed by atoms with Crippen molar-refractivity contribution in [1.82, 2.24) is 29.8 Å². The summed E-state index contributed by atoms with van der Waals surface area (Å²) in [5.74, 6) is 0.510. The highest BCUT2D eigenvalue weighted by Crippen LogP contribution is 2.20. The van der Waals surface area contributed by atoms with E-state index in [2.05, 4.69) is 20.4 Å². The molecule has 1 saturated heterocycles. The van der Waals surface area contributed by atoms with Crippen molar-refractivity contribution < 1.29 is 9.53 Å². The van der Waals surface area contributed by atoms with Crippen LogP contribution < -0.4 is 15.6 Å². The summed E-state index contributed by atoms with van der Waals surface area (Å²) in [6, 6.07) is 3.74. The van der Waals surface area contributed by atoms with Crippen LogP contribution >= 0.6 is 0 Å². The Morgan fingerprint density at radius 2 is 2.03 bits per heavy atom. The van der Waals surface area contributed by atoms with Gasteiger partial charge < -0.3 is 10.1 Å². The van der Waals surface area contributed by atoms with E-state index in [1.807, 2.05) is 0 Å². The lowest BCUT2D eigenvalue weighted by Gasteiger charge is -2.35. The van der Waals surface area contributed by atoms with Gasteiger partial charge in [-0.05, 0) is 44.2 Å². The minimum absolute atomic E-state index is 0.00604. The molecule has 2 aromatic heterocycles. The quantitative estimate of drug-likeness (QED) is 0.741. The maximum atomic E-state index is 12.6. The van der Waals surface area contributed by atoms with Gasteiger partial charge in [-0.25, -0.2) is 9.36 Å². The van der Waals surface area contributed by atoms with E-state index in [4.69, 9.17) is 4.74 Å². The number of amides is 1. The highest BCUT2D eigenvalue weighted by atomic mass is 16.5. The Hall–Kier alpha value is -2.68. The summed E-state index contributed by atoms with van der Waals surface area (Å²) < 4.78 is 8.93. The summed E-state index contributed by atoms with van der Waals surface area (Å²) in [5.41, 5.74) is 2.60. The van der Waals surface area contributed by atoms with Crippen LogP contribution in [0.4, 0.5) is 0 Å². The van der Waals surface area contributed by atoms with E-state index in [0.717, 1.165) is 75.8 Å². The molecule has 0 bridgehead atoms. The third-order valence-electron chi connectivity index (χ3n) is 6.61. The molecule has 2 aromatic rings. The van der Waals surface area contributed by atoms with Crippen molar-refractivity contribution in [3.63, 3.8) is 0 Å². The predicted molar refractivity (Wildman–Crippen MR) is 114 cm³/mol. The zero-order valence-electron chi connectivity index (χ0n) is 17.9. The predicted octanol–water partition coefficient (Wildman–Crippen LogP) is 0.995. The first-order valence-electron chi connectivity index (χ1n) is 11.5. The maximum Gasteiger partial charge on any atom is 0.271 e. The van der Waals surface area contributed by atoms with Crippen molar-refractivity contribution in [2.24, 2.45) is 0 Å². The van der Waals surface area contributed by atoms with Crippen LogP contribution in [-0.2, 0) is 25.9 Å². The number of hydrogen-bond acceptors (Lipinski definition) is 6. The molecule has 0 spiro atoms. The number of carbonyl (C=O) groups excluding carboxylic acids is 1.